The van der Waals surface area contributed by atoms with Crippen molar-refractivity contribution in [3.63, 3.8) is 0 Å². The van der Waals surface area contributed by atoms with Gasteiger partial charge in [0.15, 0.2) is 0 Å². The van der Waals surface area contributed by atoms with Crippen molar-refractivity contribution in [2.45, 2.75) is 19.9 Å². The van der Waals surface area contributed by atoms with E-state index in [1.165, 1.54) is 5.56 Å². The number of aromatic nitrogens is 2. The van der Waals surface area contributed by atoms with E-state index in [0.717, 1.165) is 22.9 Å². The second kappa shape index (κ2) is 7.66. The Morgan fingerprint density at radius 1 is 0.960 bits per heavy atom. The van der Waals surface area contributed by atoms with Gasteiger partial charge in [0.05, 0.1) is 13.2 Å². The van der Waals surface area contributed by atoms with Crippen LogP contribution in [0.4, 0.5) is 17.5 Å². The lowest BCUT2D eigenvalue weighted by Gasteiger charge is -2.15. The molecule has 0 amide bonds. The number of aryl methyl sites for hydroxylation is 1. The maximum atomic E-state index is 5.18. The average Bonchev–Trinajstić information content (AvgIpc) is 2.62. The summed E-state index contributed by atoms with van der Waals surface area (Å²) >= 11 is 0. The van der Waals surface area contributed by atoms with Gasteiger partial charge in [-0.1, -0.05) is 30.3 Å². The predicted octanol–water partition coefficient (Wildman–Crippen LogP) is 4.71. The van der Waals surface area contributed by atoms with Crippen LogP contribution in [0.15, 0.2) is 60.7 Å². The summed E-state index contributed by atoms with van der Waals surface area (Å²) in [6, 6.07) is 20.0. The van der Waals surface area contributed by atoms with Gasteiger partial charge in [0.2, 0.25) is 5.95 Å². The van der Waals surface area contributed by atoms with E-state index in [9.17, 15) is 0 Å². The minimum atomic E-state index is 0.122. The van der Waals surface area contributed by atoms with Crippen LogP contribution in [0.2, 0.25) is 0 Å². The summed E-state index contributed by atoms with van der Waals surface area (Å²) < 4.78 is 5.18. The van der Waals surface area contributed by atoms with Gasteiger partial charge in [-0.2, -0.15) is 4.98 Å². The third-order valence-corrected chi connectivity index (χ3v) is 3.86. The molecular formula is C20H22N4O. The maximum absolute atomic E-state index is 5.18. The van der Waals surface area contributed by atoms with Crippen molar-refractivity contribution in [2.75, 3.05) is 17.7 Å². The number of hydrogen-bond acceptors (Lipinski definition) is 5. The molecule has 0 aliphatic carbocycles. The van der Waals surface area contributed by atoms with Crippen molar-refractivity contribution >= 4 is 17.5 Å². The van der Waals surface area contributed by atoms with Crippen LogP contribution in [-0.4, -0.2) is 17.1 Å². The SMILES string of the molecule is COc1ccc(Nc2cc(C)nc(NC(C)c3ccccc3)n2)cc1. The molecule has 128 valence electrons. The molecule has 0 radical (unpaired) electrons. The van der Waals surface area contributed by atoms with Gasteiger partial charge in [-0.15, -0.1) is 0 Å². The molecule has 5 heteroatoms. The predicted molar refractivity (Wildman–Crippen MR) is 102 cm³/mol. The second-order valence-corrected chi connectivity index (χ2v) is 5.85. The highest BCUT2D eigenvalue weighted by molar-refractivity contribution is 5.58. The molecular weight excluding hydrogens is 312 g/mol. The minimum absolute atomic E-state index is 0.122. The third kappa shape index (κ3) is 4.47. The highest BCUT2D eigenvalue weighted by Gasteiger charge is 2.08. The van der Waals surface area contributed by atoms with Crippen molar-refractivity contribution in [1.82, 2.24) is 9.97 Å². The van der Waals surface area contributed by atoms with Gasteiger partial charge in [-0.3, -0.25) is 0 Å². The Labute approximate surface area is 148 Å². The van der Waals surface area contributed by atoms with Crippen LogP contribution in [0.25, 0.3) is 0 Å². The first-order chi connectivity index (χ1) is 12.1. The zero-order chi connectivity index (χ0) is 17.6. The van der Waals surface area contributed by atoms with Gasteiger partial charge in [-0.05, 0) is 43.7 Å². The van der Waals surface area contributed by atoms with E-state index in [1.54, 1.807) is 7.11 Å². The lowest BCUT2D eigenvalue weighted by Crippen LogP contribution is -2.10. The van der Waals surface area contributed by atoms with Gasteiger partial charge in [0, 0.05) is 17.4 Å². The number of hydrogen-bond donors (Lipinski definition) is 2. The smallest absolute Gasteiger partial charge is 0.225 e. The summed E-state index contributed by atoms with van der Waals surface area (Å²) in [5.41, 5.74) is 3.03. The monoisotopic (exact) mass is 334 g/mol. The number of rotatable bonds is 6. The quantitative estimate of drug-likeness (QED) is 0.683. The van der Waals surface area contributed by atoms with E-state index < -0.39 is 0 Å². The Balaban J connectivity index is 1.75. The molecule has 1 heterocycles. The maximum Gasteiger partial charge on any atom is 0.225 e. The summed E-state index contributed by atoms with van der Waals surface area (Å²) in [7, 11) is 1.65. The molecule has 0 spiro atoms. The zero-order valence-electron chi connectivity index (χ0n) is 14.7. The van der Waals surface area contributed by atoms with Crippen LogP contribution in [0.5, 0.6) is 5.75 Å². The van der Waals surface area contributed by atoms with E-state index >= 15 is 0 Å². The zero-order valence-corrected chi connectivity index (χ0v) is 14.7. The first-order valence-corrected chi connectivity index (χ1v) is 8.22. The van der Waals surface area contributed by atoms with E-state index in [-0.39, 0.29) is 6.04 Å². The molecule has 0 saturated heterocycles. The van der Waals surface area contributed by atoms with Crippen molar-refractivity contribution < 1.29 is 4.74 Å². The van der Waals surface area contributed by atoms with Gasteiger partial charge < -0.3 is 15.4 Å². The molecule has 0 saturated carbocycles. The normalized spacial score (nSPS) is 11.6. The van der Waals surface area contributed by atoms with Crippen LogP contribution < -0.4 is 15.4 Å². The summed E-state index contributed by atoms with van der Waals surface area (Å²) in [5, 5.41) is 6.66. The van der Waals surface area contributed by atoms with E-state index in [0.29, 0.717) is 5.95 Å². The molecule has 2 N–H and O–H groups in total. The number of anilines is 3. The van der Waals surface area contributed by atoms with Gasteiger partial charge in [0.25, 0.3) is 0 Å². The fourth-order valence-corrected chi connectivity index (χ4v) is 2.54. The molecule has 3 aromatic rings. The molecule has 0 aliphatic heterocycles. The van der Waals surface area contributed by atoms with E-state index in [4.69, 9.17) is 4.74 Å². The fraction of sp³-hybridized carbons (Fsp3) is 0.200. The molecule has 5 nitrogen and oxygen atoms in total. The number of methoxy groups -OCH3 is 1. The van der Waals surface area contributed by atoms with E-state index in [2.05, 4.69) is 39.7 Å². The average molecular weight is 334 g/mol. The van der Waals surface area contributed by atoms with E-state index in [1.807, 2.05) is 55.5 Å². The van der Waals surface area contributed by atoms with Crippen molar-refractivity contribution in [2.24, 2.45) is 0 Å². The second-order valence-electron chi connectivity index (χ2n) is 5.85. The summed E-state index contributed by atoms with van der Waals surface area (Å²) in [6.45, 7) is 4.05. The van der Waals surface area contributed by atoms with Crippen LogP contribution in [0.1, 0.15) is 24.2 Å². The Kier molecular flexibility index (Phi) is 5.14. The van der Waals surface area contributed by atoms with Crippen molar-refractivity contribution in [3.8, 4) is 5.75 Å². The lowest BCUT2D eigenvalue weighted by atomic mass is 10.1. The van der Waals surface area contributed by atoms with Gasteiger partial charge in [0.1, 0.15) is 11.6 Å². The number of nitrogens with one attached hydrogen (secondary N) is 2. The Bertz CT molecular complexity index is 819. The lowest BCUT2D eigenvalue weighted by molar-refractivity contribution is 0.415. The highest BCUT2D eigenvalue weighted by Crippen LogP contribution is 2.22. The first-order valence-electron chi connectivity index (χ1n) is 8.22. The molecule has 2 aromatic carbocycles. The first kappa shape index (κ1) is 16.8. The number of benzene rings is 2. The fourth-order valence-electron chi connectivity index (χ4n) is 2.54. The molecule has 0 bridgehead atoms. The molecule has 3 rings (SSSR count). The van der Waals surface area contributed by atoms with Crippen molar-refractivity contribution in [3.05, 3.63) is 71.9 Å². The number of nitrogens with zero attached hydrogens (tertiary/aromatic N) is 2. The topological polar surface area (TPSA) is 59.1 Å². The van der Waals surface area contributed by atoms with Gasteiger partial charge in [-0.25, -0.2) is 4.98 Å². The summed E-state index contributed by atoms with van der Waals surface area (Å²) in [6.07, 6.45) is 0. The molecule has 0 fully saturated rings. The molecule has 1 aromatic heterocycles. The summed E-state index contributed by atoms with van der Waals surface area (Å²) in [5.74, 6) is 2.18. The van der Waals surface area contributed by atoms with Crippen LogP contribution >= 0.6 is 0 Å². The van der Waals surface area contributed by atoms with Gasteiger partial charge >= 0.3 is 0 Å². The van der Waals surface area contributed by atoms with Crippen LogP contribution in [0.3, 0.4) is 0 Å². The Morgan fingerprint density at radius 3 is 2.36 bits per heavy atom. The molecule has 25 heavy (non-hydrogen) atoms. The van der Waals surface area contributed by atoms with Crippen LogP contribution in [0, 0.1) is 6.92 Å². The highest BCUT2D eigenvalue weighted by atomic mass is 16.5. The summed E-state index contributed by atoms with van der Waals surface area (Å²) in [4.78, 5) is 9.06. The standard InChI is InChI=1S/C20H22N4O/c1-14-13-19(23-17-9-11-18(25-3)12-10-17)24-20(21-14)22-15(2)16-7-5-4-6-8-16/h4-13,15H,1-3H3,(H2,21,22,23,24). The Morgan fingerprint density at radius 2 is 1.68 bits per heavy atom. The van der Waals surface area contributed by atoms with Crippen molar-refractivity contribution in [1.29, 1.82) is 0 Å². The largest absolute Gasteiger partial charge is 0.497 e. The minimum Gasteiger partial charge on any atom is -0.497 e. The Hall–Kier alpha value is -3.08. The molecule has 1 unspecified atom stereocenters. The third-order valence-electron chi connectivity index (χ3n) is 3.86. The molecule has 1 atom stereocenters. The van der Waals surface area contributed by atoms with Crippen LogP contribution in [-0.2, 0) is 0 Å². The number of ether oxygens (including phenoxy) is 1. The molecule has 0 aliphatic rings.